The Morgan fingerprint density at radius 3 is 0.765 bits per heavy atom. The van der Waals surface area contributed by atoms with Gasteiger partial charge in [0.1, 0.15) is 13.2 Å². The molecule has 81 heavy (non-hydrogen) atoms. The molecule has 6 nitrogen and oxygen atoms in total. The molecule has 0 aromatic rings. The van der Waals surface area contributed by atoms with Gasteiger partial charge in [0.25, 0.3) is 0 Å². The van der Waals surface area contributed by atoms with E-state index in [4.69, 9.17) is 14.2 Å². The van der Waals surface area contributed by atoms with E-state index < -0.39 is 6.10 Å². The molecule has 0 radical (unpaired) electrons. The Hall–Kier alpha value is -4.97. The molecule has 0 aromatic heterocycles. The van der Waals surface area contributed by atoms with Gasteiger partial charge in [0.15, 0.2) is 6.10 Å². The van der Waals surface area contributed by atoms with Crippen LogP contribution in [0.4, 0.5) is 0 Å². The van der Waals surface area contributed by atoms with Gasteiger partial charge < -0.3 is 14.2 Å². The topological polar surface area (TPSA) is 78.9 Å². The highest BCUT2D eigenvalue weighted by Crippen LogP contribution is 2.14. The second kappa shape index (κ2) is 67.5. The zero-order valence-electron chi connectivity index (χ0n) is 52.2. The maximum atomic E-state index is 12.9. The van der Waals surface area contributed by atoms with Crippen molar-refractivity contribution in [2.75, 3.05) is 13.2 Å². The second-order valence-corrected chi connectivity index (χ2v) is 21.3. The summed E-state index contributed by atoms with van der Waals surface area (Å²) in [5.74, 6) is -0.938. The average Bonchev–Trinajstić information content (AvgIpc) is 3.46. The summed E-state index contributed by atoms with van der Waals surface area (Å²) >= 11 is 0. The molecule has 0 amide bonds. The number of rotatable bonds is 58. The Kier molecular flexibility index (Phi) is 63.4. The zero-order valence-corrected chi connectivity index (χ0v) is 52.2. The van der Waals surface area contributed by atoms with Crippen molar-refractivity contribution in [3.05, 3.63) is 158 Å². The maximum Gasteiger partial charge on any atom is 0.306 e. The third-order valence-corrected chi connectivity index (χ3v) is 13.5. The fourth-order valence-electron chi connectivity index (χ4n) is 8.62. The normalized spacial score (nSPS) is 13.2. The Morgan fingerprint density at radius 1 is 0.259 bits per heavy atom. The predicted molar refractivity (Wildman–Crippen MR) is 352 cm³/mol. The molecule has 0 bridgehead atoms. The van der Waals surface area contributed by atoms with Gasteiger partial charge in [0, 0.05) is 19.3 Å². The van der Waals surface area contributed by atoms with E-state index in [0.29, 0.717) is 19.3 Å². The Balaban J connectivity index is 4.44. The maximum absolute atomic E-state index is 12.9. The van der Waals surface area contributed by atoms with E-state index in [2.05, 4.69) is 179 Å². The molecule has 0 fully saturated rings. The molecule has 0 saturated heterocycles. The van der Waals surface area contributed by atoms with Crippen LogP contribution in [0, 0.1) is 0 Å². The first kappa shape index (κ1) is 76.0. The summed E-state index contributed by atoms with van der Waals surface area (Å²) in [7, 11) is 0. The standard InChI is InChI=1S/C75H120O6/c1-4-7-10-13-16-19-22-25-27-29-31-33-35-37-39-41-43-45-47-50-53-56-59-62-65-68-74(77)80-71-72(70-79-73(76)67-64-61-58-55-52-49-24-21-18-15-12-9-6-3)81-75(78)69-66-63-60-57-54-51-48-46-44-42-40-38-36-34-32-30-28-26-23-20-17-14-11-8-5-2/h7-8,10-11,16-17,19-21,24-28,31-34,37-40,43-46,72H,4-6,9,12-15,18,22-23,29-30,35-36,41-42,47-71H2,1-3H3/b10-7-,11-8-,19-16-,20-17-,24-21-,27-25-,28-26-,33-31-,34-32-,39-37-,40-38-,45-43-,46-44-. The van der Waals surface area contributed by atoms with E-state index in [-0.39, 0.29) is 31.1 Å². The highest BCUT2D eigenvalue weighted by Gasteiger charge is 2.19. The third-order valence-electron chi connectivity index (χ3n) is 13.5. The number of ether oxygens (including phenoxy) is 3. The van der Waals surface area contributed by atoms with Gasteiger partial charge in [-0.3, -0.25) is 14.4 Å². The van der Waals surface area contributed by atoms with Crippen molar-refractivity contribution < 1.29 is 28.6 Å². The van der Waals surface area contributed by atoms with Crippen molar-refractivity contribution in [2.24, 2.45) is 0 Å². The molecular formula is C75H120O6. The quantitative estimate of drug-likeness (QED) is 0.0261. The molecule has 0 spiro atoms. The second-order valence-electron chi connectivity index (χ2n) is 21.3. The van der Waals surface area contributed by atoms with Crippen LogP contribution in [0.5, 0.6) is 0 Å². The van der Waals surface area contributed by atoms with Gasteiger partial charge in [-0.1, -0.05) is 269 Å². The zero-order chi connectivity index (χ0) is 58.5. The minimum atomic E-state index is -0.805. The SMILES string of the molecule is CC/C=C\C/C=C\C/C=C\C/C=C\C/C=C\C/C=C\CCCCCCCCC(=O)OCC(COC(=O)CCCCCCC/C=C\CCCCCC)OC(=O)CCCCCCCC/C=C\C/C=C\C/C=C\C/C=C\C/C=C\C/C=C\CC. The van der Waals surface area contributed by atoms with Crippen molar-refractivity contribution >= 4 is 17.9 Å². The first-order valence-electron chi connectivity index (χ1n) is 33.0. The van der Waals surface area contributed by atoms with Crippen molar-refractivity contribution in [1.82, 2.24) is 0 Å². The number of unbranched alkanes of at least 4 members (excludes halogenated alkanes) is 21. The summed E-state index contributed by atoms with van der Waals surface area (Å²) in [6.07, 6.45) is 98.1. The van der Waals surface area contributed by atoms with Gasteiger partial charge in [-0.15, -0.1) is 0 Å². The molecule has 0 aliphatic carbocycles. The Morgan fingerprint density at radius 2 is 0.481 bits per heavy atom. The molecule has 0 rings (SSSR count). The summed E-state index contributed by atoms with van der Waals surface area (Å²) in [5.41, 5.74) is 0. The molecule has 0 N–H and O–H groups in total. The summed E-state index contributed by atoms with van der Waals surface area (Å²) < 4.78 is 16.9. The van der Waals surface area contributed by atoms with Crippen LogP contribution in [0.3, 0.4) is 0 Å². The van der Waals surface area contributed by atoms with Crippen LogP contribution in [-0.4, -0.2) is 37.2 Å². The summed E-state index contributed by atoms with van der Waals surface area (Å²) in [6, 6.07) is 0. The van der Waals surface area contributed by atoms with E-state index in [0.717, 1.165) is 173 Å². The highest BCUT2D eigenvalue weighted by atomic mass is 16.6. The highest BCUT2D eigenvalue weighted by molar-refractivity contribution is 5.71. The van der Waals surface area contributed by atoms with E-state index in [9.17, 15) is 14.4 Å². The summed E-state index contributed by atoms with van der Waals surface area (Å²) in [4.78, 5) is 38.4. The molecular weight excluding hydrogens is 997 g/mol. The van der Waals surface area contributed by atoms with E-state index in [1.165, 1.54) is 64.2 Å². The van der Waals surface area contributed by atoms with Crippen LogP contribution in [-0.2, 0) is 28.6 Å². The van der Waals surface area contributed by atoms with Gasteiger partial charge in [0.2, 0.25) is 0 Å². The van der Waals surface area contributed by atoms with Gasteiger partial charge in [-0.2, -0.15) is 0 Å². The van der Waals surface area contributed by atoms with Gasteiger partial charge in [-0.05, 0) is 148 Å². The van der Waals surface area contributed by atoms with Crippen LogP contribution in [0.25, 0.3) is 0 Å². The minimum absolute atomic E-state index is 0.0992. The summed E-state index contributed by atoms with van der Waals surface area (Å²) in [5, 5.41) is 0. The largest absolute Gasteiger partial charge is 0.462 e. The lowest BCUT2D eigenvalue weighted by molar-refractivity contribution is -0.167. The average molecular weight is 1120 g/mol. The fraction of sp³-hybridized carbons (Fsp3) is 0.613. The van der Waals surface area contributed by atoms with Crippen molar-refractivity contribution in [3.8, 4) is 0 Å². The molecule has 0 heterocycles. The van der Waals surface area contributed by atoms with Crippen LogP contribution in [0.1, 0.15) is 278 Å². The molecule has 6 heteroatoms. The van der Waals surface area contributed by atoms with Crippen LogP contribution in [0.15, 0.2) is 158 Å². The molecule has 0 aromatic carbocycles. The molecule has 0 aliphatic rings. The van der Waals surface area contributed by atoms with Crippen molar-refractivity contribution in [3.63, 3.8) is 0 Å². The van der Waals surface area contributed by atoms with Gasteiger partial charge in [0.05, 0.1) is 0 Å². The number of hydrogen-bond acceptors (Lipinski definition) is 6. The van der Waals surface area contributed by atoms with E-state index in [1.807, 2.05) is 0 Å². The first-order chi connectivity index (χ1) is 40.0. The summed E-state index contributed by atoms with van der Waals surface area (Å²) in [6.45, 7) is 6.37. The Bertz CT molecular complexity index is 1810. The molecule has 1 atom stereocenters. The first-order valence-corrected chi connectivity index (χ1v) is 33.0. The number of allylic oxidation sites excluding steroid dienone is 26. The lowest BCUT2D eigenvalue weighted by Gasteiger charge is -2.18. The minimum Gasteiger partial charge on any atom is -0.462 e. The smallest absolute Gasteiger partial charge is 0.306 e. The Labute approximate surface area is 499 Å². The number of carbonyl (C=O) groups is 3. The predicted octanol–water partition coefficient (Wildman–Crippen LogP) is 22.9. The lowest BCUT2D eigenvalue weighted by Crippen LogP contribution is -2.30. The fourth-order valence-corrected chi connectivity index (χ4v) is 8.62. The number of carbonyl (C=O) groups excluding carboxylic acids is 3. The van der Waals surface area contributed by atoms with E-state index in [1.54, 1.807) is 0 Å². The van der Waals surface area contributed by atoms with Gasteiger partial charge >= 0.3 is 17.9 Å². The van der Waals surface area contributed by atoms with E-state index >= 15 is 0 Å². The molecule has 456 valence electrons. The van der Waals surface area contributed by atoms with Crippen molar-refractivity contribution in [2.45, 2.75) is 284 Å². The molecule has 1 unspecified atom stereocenters. The monoisotopic (exact) mass is 1120 g/mol. The number of esters is 3. The number of hydrogen-bond donors (Lipinski definition) is 0. The lowest BCUT2D eigenvalue weighted by atomic mass is 10.1. The van der Waals surface area contributed by atoms with Gasteiger partial charge in [-0.25, -0.2) is 0 Å². The molecule has 0 saturated carbocycles. The van der Waals surface area contributed by atoms with Crippen LogP contribution >= 0.6 is 0 Å². The van der Waals surface area contributed by atoms with Crippen LogP contribution in [0.2, 0.25) is 0 Å². The third kappa shape index (κ3) is 65.7. The molecule has 0 aliphatic heterocycles. The van der Waals surface area contributed by atoms with Crippen molar-refractivity contribution in [1.29, 1.82) is 0 Å². The van der Waals surface area contributed by atoms with Crippen LogP contribution < -0.4 is 0 Å².